The summed E-state index contributed by atoms with van der Waals surface area (Å²) in [5, 5.41) is 1.41. The number of aromatic nitrogens is 1. The molecule has 102 valence electrons. The fourth-order valence-corrected chi connectivity index (χ4v) is 2.88. The molecule has 1 amide bonds. The van der Waals surface area contributed by atoms with Gasteiger partial charge in [-0.25, -0.2) is 14.8 Å². The second-order valence-corrected chi connectivity index (χ2v) is 5.50. The molecule has 1 atom stereocenters. The van der Waals surface area contributed by atoms with Crippen LogP contribution in [-0.4, -0.2) is 21.9 Å². The molecule has 0 bridgehead atoms. The molecule has 0 radical (unpaired) electrons. The van der Waals surface area contributed by atoms with Crippen LogP contribution < -0.4 is 5.43 Å². The van der Waals surface area contributed by atoms with Crippen molar-refractivity contribution >= 4 is 17.5 Å². The van der Waals surface area contributed by atoms with Gasteiger partial charge in [-0.3, -0.25) is 9.78 Å². The van der Waals surface area contributed by atoms with Crippen LogP contribution in [0.3, 0.4) is 0 Å². The standard InChI is InChI=1S/C13H15ClFN3O/c14-8-6-10-11(16-7-8)12(15)18(13(10)19)17-9-4-2-1-3-5-9/h6-7,9,12,17H,1-5H2. The minimum atomic E-state index is -1.53. The highest BCUT2D eigenvalue weighted by Crippen LogP contribution is 2.33. The maximum atomic E-state index is 14.3. The minimum Gasteiger partial charge on any atom is -0.267 e. The molecule has 1 fully saturated rings. The molecule has 2 heterocycles. The summed E-state index contributed by atoms with van der Waals surface area (Å²) in [7, 11) is 0. The first kappa shape index (κ1) is 12.8. The number of halogens is 2. The third-order valence-corrected chi connectivity index (χ3v) is 3.92. The number of pyridine rings is 1. The first-order valence-corrected chi connectivity index (χ1v) is 6.94. The van der Waals surface area contributed by atoms with Crippen molar-refractivity contribution in [2.45, 2.75) is 44.4 Å². The van der Waals surface area contributed by atoms with Gasteiger partial charge in [0.15, 0.2) is 0 Å². The van der Waals surface area contributed by atoms with E-state index in [1.807, 2.05) is 0 Å². The quantitative estimate of drug-likeness (QED) is 0.849. The smallest absolute Gasteiger partial charge is 0.267 e. The van der Waals surface area contributed by atoms with Crippen molar-refractivity contribution < 1.29 is 9.18 Å². The van der Waals surface area contributed by atoms with Gasteiger partial charge < -0.3 is 0 Å². The van der Waals surface area contributed by atoms with Crippen LogP contribution in [0.1, 0.15) is 54.5 Å². The van der Waals surface area contributed by atoms with Crippen LogP contribution in [0.5, 0.6) is 0 Å². The molecule has 1 saturated carbocycles. The Morgan fingerprint density at radius 3 is 2.84 bits per heavy atom. The van der Waals surface area contributed by atoms with Crippen LogP contribution in [0, 0.1) is 0 Å². The van der Waals surface area contributed by atoms with E-state index in [1.54, 1.807) is 0 Å². The highest BCUT2D eigenvalue weighted by Gasteiger charge is 2.39. The number of carbonyl (C=O) groups excluding carboxylic acids is 1. The second kappa shape index (κ2) is 5.06. The van der Waals surface area contributed by atoms with Gasteiger partial charge in [-0.15, -0.1) is 0 Å². The summed E-state index contributed by atoms with van der Waals surface area (Å²) in [5.74, 6) is -0.386. The summed E-state index contributed by atoms with van der Waals surface area (Å²) >= 11 is 5.80. The first-order valence-electron chi connectivity index (χ1n) is 6.56. The fraction of sp³-hybridized carbons (Fsp3) is 0.538. The van der Waals surface area contributed by atoms with Crippen molar-refractivity contribution in [3.8, 4) is 0 Å². The number of nitrogens with zero attached hydrogens (tertiary/aromatic N) is 2. The largest absolute Gasteiger partial charge is 0.273 e. The monoisotopic (exact) mass is 283 g/mol. The third kappa shape index (κ3) is 2.32. The Kier molecular flexibility index (Phi) is 3.41. The molecule has 3 rings (SSSR count). The molecule has 2 aliphatic rings. The summed E-state index contributed by atoms with van der Waals surface area (Å²) in [4.78, 5) is 16.1. The fourth-order valence-electron chi connectivity index (χ4n) is 2.72. The molecule has 1 aromatic heterocycles. The van der Waals surface area contributed by atoms with Crippen LogP contribution in [0.4, 0.5) is 4.39 Å². The van der Waals surface area contributed by atoms with Crippen molar-refractivity contribution in [2.75, 3.05) is 0 Å². The van der Waals surface area contributed by atoms with Gasteiger partial charge in [0.25, 0.3) is 5.91 Å². The number of hydrogen-bond acceptors (Lipinski definition) is 3. The van der Waals surface area contributed by atoms with Gasteiger partial charge >= 0.3 is 0 Å². The highest BCUT2D eigenvalue weighted by molar-refractivity contribution is 6.30. The predicted molar refractivity (Wildman–Crippen MR) is 69.3 cm³/mol. The van der Waals surface area contributed by atoms with Crippen molar-refractivity contribution in [3.63, 3.8) is 0 Å². The van der Waals surface area contributed by atoms with Gasteiger partial charge in [-0.2, -0.15) is 0 Å². The molecular formula is C13H15ClFN3O. The van der Waals surface area contributed by atoms with E-state index >= 15 is 0 Å². The lowest BCUT2D eigenvalue weighted by Gasteiger charge is -2.29. The molecule has 1 aliphatic carbocycles. The van der Waals surface area contributed by atoms with E-state index in [0.29, 0.717) is 5.02 Å². The number of fused-ring (bicyclic) bond motifs is 1. The Hall–Kier alpha value is -1.20. The van der Waals surface area contributed by atoms with Gasteiger partial charge in [0.1, 0.15) is 5.69 Å². The Labute approximate surface area is 115 Å². The minimum absolute atomic E-state index is 0.151. The summed E-state index contributed by atoms with van der Waals surface area (Å²) in [6.45, 7) is 0. The number of hydrogen-bond donors (Lipinski definition) is 1. The molecule has 19 heavy (non-hydrogen) atoms. The number of nitrogens with one attached hydrogen (secondary N) is 1. The van der Waals surface area contributed by atoms with Crippen LogP contribution in [0.25, 0.3) is 0 Å². The molecule has 1 aromatic rings. The first-order chi connectivity index (χ1) is 9.16. The Morgan fingerprint density at radius 2 is 2.11 bits per heavy atom. The van der Waals surface area contributed by atoms with Crippen LogP contribution in [0.15, 0.2) is 12.3 Å². The average Bonchev–Trinajstić information content (AvgIpc) is 2.65. The van der Waals surface area contributed by atoms with Gasteiger partial charge in [-0.1, -0.05) is 30.9 Å². The number of hydrazine groups is 1. The van der Waals surface area contributed by atoms with E-state index in [0.717, 1.165) is 30.7 Å². The average molecular weight is 284 g/mol. The lowest BCUT2D eigenvalue weighted by molar-refractivity contribution is 0.0216. The molecule has 0 aromatic carbocycles. The number of carbonyl (C=O) groups is 1. The van der Waals surface area contributed by atoms with Crippen LogP contribution in [-0.2, 0) is 0 Å². The van der Waals surface area contributed by atoms with E-state index in [4.69, 9.17) is 11.6 Å². The Bertz CT molecular complexity index is 505. The predicted octanol–water partition coefficient (Wildman–Crippen LogP) is 3.00. The molecule has 1 unspecified atom stereocenters. The topological polar surface area (TPSA) is 45.2 Å². The van der Waals surface area contributed by atoms with E-state index in [1.165, 1.54) is 18.7 Å². The van der Waals surface area contributed by atoms with Crippen LogP contribution in [0.2, 0.25) is 5.02 Å². The molecule has 1 aliphatic heterocycles. The lowest BCUT2D eigenvalue weighted by Crippen LogP contribution is -2.46. The van der Waals surface area contributed by atoms with Crippen molar-refractivity contribution in [2.24, 2.45) is 0 Å². The maximum absolute atomic E-state index is 14.3. The van der Waals surface area contributed by atoms with E-state index in [-0.39, 0.29) is 23.2 Å². The van der Waals surface area contributed by atoms with Gasteiger partial charge in [0, 0.05) is 12.2 Å². The second-order valence-electron chi connectivity index (χ2n) is 5.06. The molecule has 4 nitrogen and oxygen atoms in total. The van der Waals surface area contributed by atoms with Crippen LogP contribution >= 0.6 is 11.6 Å². The van der Waals surface area contributed by atoms with Gasteiger partial charge in [0.2, 0.25) is 6.30 Å². The molecule has 0 spiro atoms. The summed E-state index contributed by atoms with van der Waals surface area (Å²) < 4.78 is 14.3. The number of alkyl halides is 1. The molecular weight excluding hydrogens is 269 g/mol. The summed E-state index contributed by atoms with van der Waals surface area (Å²) in [6.07, 6.45) is 5.23. The zero-order valence-electron chi connectivity index (χ0n) is 10.4. The summed E-state index contributed by atoms with van der Waals surface area (Å²) in [5.41, 5.74) is 3.41. The molecule has 6 heteroatoms. The highest BCUT2D eigenvalue weighted by atomic mass is 35.5. The number of amides is 1. The van der Waals surface area contributed by atoms with Crippen molar-refractivity contribution in [1.29, 1.82) is 0 Å². The number of rotatable bonds is 2. The zero-order chi connectivity index (χ0) is 13.4. The Balaban J connectivity index is 1.79. The Morgan fingerprint density at radius 1 is 1.37 bits per heavy atom. The normalized spacial score (nSPS) is 23.8. The van der Waals surface area contributed by atoms with Gasteiger partial charge in [0.05, 0.1) is 10.6 Å². The zero-order valence-corrected chi connectivity index (χ0v) is 11.2. The summed E-state index contributed by atoms with van der Waals surface area (Å²) in [6, 6.07) is 1.64. The molecule has 0 saturated heterocycles. The van der Waals surface area contributed by atoms with E-state index in [9.17, 15) is 9.18 Å². The van der Waals surface area contributed by atoms with E-state index in [2.05, 4.69) is 10.4 Å². The van der Waals surface area contributed by atoms with Crippen molar-refractivity contribution in [1.82, 2.24) is 15.4 Å². The SMILES string of the molecule is O=C1c2cc(Cl)cnc2C(F)N1NC1CCCCC1. The van der Waals surface area contributed by atoms with Gasteiger partial charge in [-0.05, 0) is 18.9 Å². The lowest BCUT2D eigenvalue weighted by atomic mass is 9.96. The maximum Gasteiger partial charge on any atom is 0.273 e. The van der Waals surface area contributed by atoms with E-state index < -0.39 is 6.30 Å². The third-order valence-electron chi connectivity index (χ3n) is 3.71. The van der Waals surface area contributed by atoms with Crippen molar-refractivity contribution in [3.05, 3.63) is 28.5 Å². The molecule has 1 N–H and O–H groups in total.